The Labute approximate surface area is 190 Å². The average Bonchev–Trinajstić information content (AvgIpc) is 3.25. The number of methoxy groups -OCH3 is 1. The number of nitrogens with zero attached hydrogens (tertiary/aromatic N) is 3. The van der Waals surface area contributed by atoms with Crippen molar-refractivity contribution in [3.63, 3.8) is 0 Å². The summed E-state index contributed by atoms with van der Waals surface area (Å²) in [5.41, 5.74) is 2.88. The van der Waals surface area contributed by atoms with E-state index in [1.807, 2.05) is 49.4 Å². The third-order valence-corrected chi connectivity index (χ3v) is 7.06. The Bertz CT molecular complexity index is 1160. The van der Waals surface area contributed by atoms with Crippen molar-refractivity contribution in [2.24, 2.45) is 0 Å². The van der Waals surface area contributed by atoms with Crippen LogP contribution in [-0.2, 0) is 11.3 Å². The van der Waals surface area contributed by atoms with Gasteiger partial charge in [0.1, 0.15) is 11.3 Å². The number of carbonyl (C=O) groups excluding carboxylic acids is 1. The van der Waals surface area contributed by atoms with Gasteiger partial charge in [-0.2, -0.15) is 0 Å². The van der Waals surface area contributed by atoms with Crippen LogP contribution in [0.3, 0.4) is 0 Å². The predicted molar refractivity (Wildman–Crippen MR) is 128 cm³/mol. The molecule has 1 amide bonds. The number of ether oxygens (including phenoxy) is 1. The van der Waals surface area contributed by atoms with Crippen LogP contribution in [0.1, 0.15) is 17.5 Å². The second-order valence-electron chi connectivity index (χ2n) is 7.01. The van der Waals surface area contributed by atoms with Crippen LogP contribution >= 0.6 is 23.1 Å². The Morgan fingerprint density at radius 3 is 2.71 bits per heavy atom. The molecule has 0 saturated heterocycles. The monoisotopic (exact) mass is 449 g/mol. The van der Waals surface area contributed by atoms with E-state index >= 15 is 0 Å². The van der Waals surface area contributed by atoms with E-state index in [-0.39, 0.29) is 5.91 Å². The number of pyridine rings is 1. The molecule has 0 atom stereocenters. The summed E-state index contributed by atoms with van der Waals surface area (Å²) in [5, 5.41) is 0.682. The molecule has 0 unspecified atom stereocenters. The molecule has 158 valence electrons. The van der Waals surface area contributed by atoms with Gasteiger partial charge < -0.3 is 4.74 Å². The molecule has 5 nitrogen and oxygen atoms in total. The number of hydrogen-bond donors (Lipinski definition) is 0. The van der Waals surface area contributed by atoms with Gasteiger partial charge in [0, 0.05) is 29.5 Å². The van der Waals surface area contributed by atoms with Crippen LogP contribution in [0.15, 0.2) is 71.9 Å². The van der Waals surface area contributed by atoms with Crippen LogP contribution in [0.5, 0.6) is 5.75 Å². The van der Waals surface area contributed by atoms with Crippen molar-refractivity contribution < 1.29 is 9.53 Å². The van der Waals surface area contributed by atoms with Crippen LogP contribution in [0, 0.1) is 6.92 Å². The summed E-state index contributed by atoms with van der Waals surface area (Å²) in [6.07, 6.45) is 3.95. The van der Waals surface area contributed by atoms with Crippen molar-refractivity contribution in [3.05, 3.63) is 78.1 Å². The number of fused-ring (bicyclic) bond motifs is 1. The van der Waals surface area contributed by atoms with Gasteiger partial charge in [0.2, 0.25) is 5.91 Å². The minimum Gasteiger partial charge on any atom is -0.494 e. The summed E-state index contributed by atoms with van der Waals surface area (Å²) in [7, 11) is 1.64. The maximum absolute atomic E-state index is 13.3. The van der Waals surface area contributed by atoms with Gasteiger partial charge in [-0.25, -0.2) is 4.98 Å². The Morgan fingerprint density at radius 2 is 1.97 bits per heavy atom. The second-order valence-corrected chi connectivity index (χ2v) is 9.16. The summed E-state index contributed by atoms with van der Waals surface area (Å²) in [6.45, 7) is 2.48. The first-order valence-corrected chi connectivity index (χ1v) is 11.8. The Morgan fingerprint density at radius 1 is 1.13 bits per heavy atom. The van der Waals surface area contributed by atoms with Crippen LogP contribution < -0.4 is 9.64 Å². The van der Waals surface area contributed by atoms with Gasteiger partial charge in [0.05, 0.1) is 18.4 Å². The molecule has 2 aromatic heterocycles. The topological polar surface area (TPSA) is 55.3 Å². The van der Waals surface area contributed by atoms with Gasteiger partial charge in [-0.1, -0.05) is 41.7 Å². The molecule has 31 heavy (non-hydrogen) atoms. The fraction of sp³-hybridized carbons (Fsp3) is 0.208. The highest BCUT2D eigenvalue weighted by Gasteiger charge is 2.22. The lowest BCUT2D eigenvalue weighted by atomic mass is 10.2. The van der Waals surface area contributed by atoms with Crippen LogP contribution in [0.25, 0.3) is 10.2 Å². The standard InChI is InChI=1S/C24H23N3O2S2/c1-17-10-11-20(29-2)22-23(17)31-24(26-22)27(16-18-7-6-13-25-15-18)21(28)12-14-30-19-8-4-3-5-9-19/h3-11,13,15H,12,14,16H2,1-2H3. The van der Waals surface area contributed by atoms with Crippen LogP contribution in [0.4, 0.5) is 5.13 Å². The lowest BCUT2D eigenvalue weighted by Crippen LogP contribution is -2.30. The van der Waals surface area contributed by atoms with E-state index in [2.05, 4.69) is 17.1 Å². The summed E-state index contributed by atoms with van der Waals surface area (Å²) in [5.74, 6) is 1.47. The van der Waals surface area contributed by atoms with Gasteiger partial charge in [-0.3, -0.25) is 14.7 Å². The largest absolute Gasteiger partial charge is 0.494 e. The molecule has 2 aromatic carbocycles. The van der Waals surface area contributed by atoms with Crippen molar-refractivity contribution in [3.8, 4) is 5.75 Å². The number of thioether (sulfide) groups is 1. The van der Waals surface area contributed by atoms with Crippen molar-refractivity contribution >= 4 is 44.4 Å². The normalized spacial score (nSPS) is 10.9. The lowest BCUT2D eigenvalue weighted by Gasteiger charge is -2.20. The van der Waals surface area contributed by atoms with E-state index in [0.717, 1.165) is 32.0 Å². The number of hydrogen-bond acceptors (Lipinski definition) is 6. The quantitative estimate of drug-likeness (QED) is 0.322. The van der Waals surface area contributed by atoms with Crippen LogP contribution in [-0.4, -0.2) is 28.7 Å². The van der Waals surface area contributed by atoms with Crippen molar-refractivity contribution in [1.82, 2.24) is 9.97 Å². The smallest absolute Gasteiger partial charge is 0.229 e. The van der Waals surface area contributed by atoms with Crippen molar-refractivity contribution in [1.29, 1.82) is 0 Å². The van der Waals surface area contributed by atoms with E-state index in [0.29, 0.717) is 23.8 Å². The zero-order valence-electron chi connectivity index (χ0n) is 17.4. The molecule has 0 fully saturated rings. The highest BCUT2D eigenvalue weighted by Crippen LogP contribution is 2.37. The molecular weight excluding hydrogens is 426 g/mol. The zero-order valence-corrected chi connectivity index (χ0v) is 19.1. The fourth-order valence-corrected chi connectivity index (χ4v) is 5.15. The Kier molecular flexibility index (Phi) is 6.84. The molecule has 0 aliphatic rings. The molecule has 4 aromatic rings. The molecule has 7 heteroatoms. The molecule has 4 rings (SSSR count). The highest BCUT2D eigenvalue weighted by atomic mass is 32.2. The van der Waals surface area contributed by atoms with E-state index in [4.69, 9.17) is 9.72 Å². The molecule has 0 saturated carbocycles. The molecule has 0 aliphatic heterocycles. The third kappa shape index (κ3) is 5.06. The fourth-order valence-electron chi connectivity index (χ4n) is 3.22. The van der Waals surface area contributed by atoms with Gasteiger partial charge in [-0.05, 0) is 42.3 Å². The number of aromatic nitrogens is 2. The molecule has 2 heterocycles. The number of thiazole rings is 1. The van der Waals surface area contributed by atoms with E-state index in [1.165, 1.54) is 11.3 Å². The predicted octanol–water partition coefficient (Wildman–Crippen LogP) is 5.72. The number of aryl methyl sites for hydroxylation is 1. The first kappa shape index (κ1) is 21.3. The first-order chi connectivity index (χ1) is 15.2. The molecular formula is C24H23N3O2S2. The summed E-state index contributed by atoms with van der Waals surface area (Å²) < 4.78 is 6.53. The number of benzene rings is 2. The Balaban J connectivity index is 1.60. The summed E-state index contributed by atoms with van der Waals surface area (Å²) >= 11 is 3.21. The molecule has 0 radical (unpaired) electrons. The van der Waals surface area contributed by atoms with E-state index < -0.39 is 0 Å². The number of carbonyl (C=O) groups is 1. The molecule has 0 spiro atoms. The first-order valence-electron chi connectivity index (χ1n) is 9.97. The highest BCUT2D eigenvalue weighted by molar-refractivity contribution is 7.99. The van der Waals surface area contributed by atoms with Crippen LogP contribution in [0.2, 0.25) is 0 Å². The van der Waals surface area contributed by atoms with Gasteiger partial charge in [0.15, 0.2) is 5.13 Å². The average molecular weight is 450 g/mol. The molecule has 0 aliphatic carbocycles. The number of amides is 1. The SMILES string of the molecule is COc1ccc(C)c2sc(N(Cc3cccnc3)C(=O)CCSc3ccccc3)nc12. The van der Waals surface area contributed by atoms with Crippen molar-refractivity contribution in [2.45, 2.75) is 24.8 Å². The van der Waals surface area contributed by atoms with E-state index in [1.54, 1.807) is 36.2 Å². The van der Waals surface area contributed by atoms with Gasteiger partial charge in [0.25, 0.3) is 0 Å². The Hall–Kier alpha value is -2.90. The maximum atomic E-state index is 13.3. The minimum atomic E-state index is 0.0444. The maximum Gasteiger partial charge on any atom is 0.229 e. The lowest BCUT2D eigenvalue weighted by molar-refractivity contribution is -0.118. The minimum absolute atomic E-state index is 0.0444. The third-order valence-electron chi connectivity index (χ3n) is 4.84. The van der Waals surface area contributed by atoms with E-state index in [9.17, 15) is 4.79 Å². The zero-order chi connectivity index (χ0) is 21.6. The number of rotatable bonds is 8. The van der Waals surface area contributed by atoms with Gasteiger partial charge >= 0.3 is 0 Å². The van der Waals surface area contributed by atoms with Gasteiger partial charge in [-0.15, -0.1) is 11.8 Å². The second kappa shape index (κ2) is 9.94. The molecule has 0 N–H and O–H groups in total. The molecule has 0 bridgehead atoms. The van der Waals surface area contributed by atoms with Crippen molar-refractivity contribution in [2.75, 3.05) is 17.8 Å². The number of anilines is 1. The summed E-state index contributed by atoms with van der Waals surface area (Å²) in [4.78, 5) is 25.2. The summed E-state index contributed by atoms with van der Waals surface area (Å²) in [6, 6.07) is 17.9.